The van der Waals surface area contributed by atoms with Crippen molar-refractivity contribution in [3.63, 3.8) is 0 Å². The second-order valence-electron chi connectivity index (χ2n) is 5.22. The van der Waals surface area contributed by atoms with E-state index in [1.165, 1.54) is 12.1 Å². The van der Waals surface area contributed by atoms with E-state index in [1.807, 2.05) is 6.92 Å². The lowest BCUT2D eigenvalue weighted by atomic mass is 10.00. The third kappa shape index (κ3) is 5.37. The van der Waals surface area contributed by atoms with Gasteiger partial charge < -0.3 is 5.73 Å². The molecular formula is C15H25FN2O2S. The van der Waals surface area contributed by atoms with Crippen LogP contribution in [0.4, 0.5) is 4.39 Å². The van der Waals surface area contributed by atoms with Crippen LogP contribution in [0.3, 0.4) is 0 Å². The fraction of sp³-hybridized carbons (Fsp3) is 0.600. The summed E-state index contributed by atoms with van der Waals surface area (Å²) in [5.74, 6) is -0.278. The highest BCUT2D eigenvalue weighted by Crippen LogP contribution is 2.18. The van der Waals surface area contributed by atoms with E-state index < -0.39 is 15.8 Å². The van der Waals surface area contributed by atoms with Gasteiger partial charge >= 0.3 is 0 Å². The molecule has 3 N–H and O–H groups in total. The maximum absolute atomic E-state index is 13.3. The fourth-order valence-corrected chi connectivity index (χ4v) is 3.57. The zero-order chi connectivity index (χ0) is 15.9. The standard InChI is InChI=1S/C15H25FN2O2S/c1-3-5-6-12(4-2)11-18-21(19,20)15-9-14(16)8-7-13(15)10-17/h7-9,12,18H,3-6,10-11,17H2,1-2H3. The first-order chi connectivity index (χ1) is 9.94. The largest absolute Gasteiger partial charge is 0.326 e. The highest BCUT2D eigenvalue weighted by Gasteiger charge is 2.20. The Balaban J connectivity index is 2.84. The molecule has 4 nitrogen and oxygen atoms in total. The zero-order valence-corrected chi connectivity index (χ0v) is 13.5. The topological polar surface area (TPSA) is 72.2 Å². The molecule has 0 saturated heterocycles. The first kappa shape index (κ1) is 18.1. The van der Waals surface area contributed by atoms with Gasteiger partial charge in [-0.25, -0.2) is 17.5 Å². The van der Waals surface area contributed by atoms with E-state index >= 15 is 0 Å². The molecule has 0 aliphatic rings. The molecule has 0 spiro atoms. The van der Waals surface area contributed by atoms with E-state index in [4.69, 9.17) is 5.73 Å². The van der Waals surface area contributed by atoms with Crippen LogP contribution >= 0.6 is 0 Å². The molecule has 21 heavy (non-hydrogen) atoms. The molecule has 0 aliphatic carbocycles. The van der Waals surface area contributed by atoms with Crippen molar-refractivity contribution in [3.8, 4) is 0 Å². The Morgan fingerprint density at radius 1 is 1.33 bits per heavy atom. The van der Waals surface area contributed by atoms with Gasteiger partial charge in [0.1, 0.15) is 5.82 Å². The van der Waals surface area contributed by atoms with Gasteiger partial charge in [-0.3, -0.25) is 0 Å². The fourth-order valence-electron chi connectivity index (χ4n) is 2.20. The molecule has 0 aromatic heterocycles. The van der Waals surface area contributed by atoms with E-state index in [2.05, 4.69) is 11.6 Å². The van der Waals surface area contributed by atoms with Gasteiger partial charge in [-0.15, -0.1) is 0 Å². The van der Waals surface area contributed by atoms with Gasteiger partial charge in [-0.05, 0) is 30.0 Å². The molecule has 0 saturated carbocycles. The van der Waals surface area contributed by atoms with Crippen LogP contribution in [0.1, 0.15) is 45.1 Å². The second-order valence-corrected chi connectivity index (χ2v) is 6.96. The first-order valence-electron chi connectivity index (χ1n) is 7.42. The molecule has 0 aliphatic heterocycles. The molecule has 1 aromatic rings. The maximum Gasteiger partial charge on any atom is 0.241 e. The maximum atomic E-state index is 13.3. The number of sulfonamides is 1. The van der Waals surface area contributed by atoms with E-state index in [0.29, 0.717) is 18.0 Å². The van der Waals surface area contributed by atoms with Crippen molar-refractivity contribution in [1.82, 2.24) is 4.72 Å². The van der Waals surface area contributed by atoms with Gasteiger partial charge in [0.25, 0.3) is 0 Å². The van der Waals surface area contributed by atoms with Crippen molar-refractivity contribution in [2.75, 3.05) is 6.54 Å². The van der Waals surface area contributed by atoms with Gasteiger partial charge in [0, 0.05) is 13.1 Å². The third-order valence-corrected chi connectivity index (χ3v) is 5.15. The number of benzene rings is 1. The Labute approximate surface area is 127 Å². The summed E-state index contributed by atoms with van der Waals surface area (Å²) < 4.78 is 40.5. The second kappa shape index (κ2) is 8.46. The lowest BCUT2D eigenvalue weighted by Gasteiger charge is -2.16. The Morgan fingerprint density at radius 3 is 2.62 bits per heavy atom. The summed E-state index contributed by atoms with van der Waals surface area (Å²) >= 11 is 0. The molecule has 0 fully saturated rings. The lowest BCUT2D eigenvalue weighted by molar-refractivity contribution is 0.443. The monoisotopic (exact) mass is 316 g/mol. The first-order valence-corrected chi connectivity index (χ1v) is 8.91. The zero-order valence-electron chi connectivity index (χ0n) is 12.7. The summed E-state index contributed by atoms with van der Waals surface area (Å²) in [5.41, 5.74) is 5.95. The molecular weight excluding hydrogens is 291 g/mol. The summed E-state index contributed by atoms with van der Waals surface area (Å²) in [6.45, 7) is 4.59. The normalized spacial score (nSPS) is 13.3. The quantitative estimate of drug-likeness (QED) is 0.736. The average Bonchev–Trinajstić information content (AvgIpc) is 2.47. The number of hydrogen-bond donors (Lipinski definition) is 2. The van der Waals surface area contributed by atoms with E-state index in [-0.39, 0.29) is 11.4 Å². The third-order valence-electron chi connectivity index (χ3n) is 3.64. The Morgan fingerprint density at radius 2 is 2.05 bits per heavy atom. The molecule has 1 aromatic carbocycles. The number of rotatable bonds is 9. The number of nitrogens with one attached hydrogen (secondary N) is 1. The Kier molecular flexibility index (Phi) is 7.28. The molecule has 1 rings (SSSR count). The van der Waals surface area contributed by atoms with Crippen LogP contribution in [0.2, 0.25) is 0 Å². The molecule has 0 bridgehead atoms. The van der Waals surface area contributed by atoms with Gasteiger partial charge in [0.05, 0.1) is 4.90 Å². The van der Waals surface area contributed by atoms with Crippen LogP contribution in [0.25, 0.3) is 0 Å². The molecule has 1 unspecified atom stereocenters. The minimum absolute atomic E-state index is 0.0591. The van der Waals surface area contributed by atoms with E-state index in [9.17, 15) is 12.8 Å². The summed E-state index contributed by atoms with van der Waals surface area (Å²) in [4.78, 5) is -0.0599. The van der Waals surface area contributed by atoms with Crippen molar-refractivity contribution in [1.29, 1.82) is 0 Å². The molecule has 0 radical (unpaired) electrons. The smallest absolute Gasteiger partial charge is 0.241 e. The van der Waals surface area contributed by atoms with Crippen molar-refractivity contribution in [2.24, 2.45) is 11.7 Å². The number of hydrogen-bond acceptors (Lipinski definition) is 3. The molecule has 1 atom stereocenters. The predicted octanol–water partition coefficient (Wildman–Crippen LogP) is 2.78. The minimum Gasteiger partial charge on any atom is -0.326 e. The van der Waals surface area contributed by atoms with Crippen LogP contribution in [-0.4, -0.2) is 15.0 Å². The van der Waals surface area contributed by atoms with Crippen LogP contribution in [0, 0.1) is 11.7 Å². The van der Waals surface area contributed by atoms with E-state index in [0.717, 1.165) is 31.7 Å². The summed E-state index contributed by atoms with van der Waals surface area (Å²) in [6, 6.07) is 3.66. The molecule has 0 heterocycles. The van der Waals surface area contributed by atoms with Crippen LogP contribution in [0.15, 0.2) is 23.1 Å². The van der Waals surface area contributed by atoms with Gasteiger partial charge in [0.2, 0.25) is 10.0 Å². The number of nitrogens with two attached hydrogens (primary N) is 1. The average molecular weight is 316 g/mol. The van der Waals surface area contributed by atoms with Gasteiger partial charge in [-0.2, -0.15) is 0 Å². The number of halogens is 1. The Bertz CT molecular complexity index is 547. The van der Waals surface area contributed by atoms with Crippen LogP contribution < -0.4 is 10.5 Å². The number of unbranched alkanes of at least 4 members (excludes halogenated alkanes) is 1. The van der Waals surface area contributed by atoms with Crippen molar-refractivity contribution >= 4 is 10.0 Å². The SMILES string of the molecule is CCCCC(CC)CNS(=O)(=O)c1cc(F)ccc1CN. The molecule has 6 heteroatoms. The molecule has 0 amide bonds. The molecule has 120 valence electrons. The minimum atomic E-state index is -3.73. The van der Waals surface area contributed by atoms with Crippen LogP contribution in [-0.2, 0) is 16.6 Å². The van der Waals surface area contributed by atoms with Crippen molar-refractivity contribution in [2.45, 2.75) is 51.0 Å². The van der Waals surface area contributed by atoms with Gasteiger partial charge in [-0.1, -0.05) is 39.2 Å². The highest BCUT2D eigenvalue weighted by molar-refractivity contribution is 7.89. The van der Waals surface area contributed by atoms with Gasteiger partial charge in [0.15, 0.2) is 0 Å². The Hall–Kier alpha value is -0.980. The van der Waals surface area contributed by atoms with Crippen molar-refractivity contribution in [3.05, 3.63) is 29.6 Å². The predicted molar refractivity (Wildman–Crippen MR) is 82.8 cm³/mol. The highest BCUT2D eigenvalue weighted by atomic mass is 32.2. The van der Waals surface area contributed by atoms with E-state index in [1.54, 1.807) is 0 Å². The lowest BCUT2D eigenvalue weighted by Crippen LogP contribution is -2.30. The summed E-state index contributed by atoms with van der Waals surface area (Å²) in [7, 11) is -3.73. The van der Waals surface area contributed by atoms with Crippen molar-refractivity contribution < 1.29 is 12.8 Å². The summed E-state index contributed by atoms with van der Waals surface area (Å²) in [6.07, 6.45) is 4.07. The van der Waals surface area contributed by atoms with Crippen LogP contribution in [0.5, 0.6) is 0 Å². The summed E-state index contributed by atoms with van der Waals surface area (Å²) in [5, 5.41) is 0.